The van der Waals surface area contributed by atoms with Crippen molar-refractivity contribution in [2.45, 2.75) is 19.8 Å². The Labute approximate surface area is 142 Å². The molecule has 3 rings (SSSR count). The van der Waals surface area contributed by atoms with Crippen molar-refractivity contribution < 1.29 is 4.79 Å². The zero-order valence-corrected chi connectivity index (χ0v) is 14.2. The van der Waals surface area contributed by atoms with Gasteiger partial charge in [0, 0.05) is 18.8 Å². The largest absolute Gasteiger partial charge is 0.355 e. The van der Waals surface area contributed by atoms with Crippen molar-refractivity contribution in [3.63, 3.8) is 0 Å². The standard InChI is InChI=1S/C20H21N3O/c1-14(2)15-9-11-16(12-10-15)19-18(20(24)21-3)13-23(22-19)17-7-5-4-6-8-17/h4-14H,1-3H3,(H,21,24). The van der Waals surface area contributed by atoms with Gasteiger partial charge in [0.2, 0.25) is 0 Å². The van der Waals surface area contributed by atoms with E-state index < -0.39 is 0 Å². The molecule has 0 aliphatic carbocycles. The molecule has 0 radical (unpaired) electrons. The third-order valence-corrected chi connectivity index (χ3v) is 4.06. The number of nitrogens with one attached hydrogen (secondary N) is 1. The van der Waals surface area contributed by atoms with Crippen LogP contribution in [0.5, 0.6) is 0 Å². The lowest BCUT2D eigenvalue weighted by atomic mass is 10.00. The molecule has 4 heteroatoms. The molecule has 0 fully saturated rings. The van der Waals surface area contributed by atoms with E-state index in [9.17, 15) is 4.79 Å². The number of hydrogen-bond acceptors (Lipinski definition) is 2. The zero-order chi connectivity index (χ0) is 17.1. The van der Waals surface area contributed by atoms with E-state index in [0.717, 1.165) is 11.3 Å². The minimum Gasteiger partial charge on any atom is -0.355 e. The molecule has 0 bridgehead atoms. The second-order valence-electron chi connectivity index (χ2n) is 6.03. The van der Waals surface area contributed by atoms with E-state index in [-0.39, 0.29) is 5.91 Å². The molecule has 0 saturated heterocycles. The average molecular weight is 319 g/mol. The van der Waals surface area contributed by atoms with Crippen molar-refractivity contribution in [2.75, 3.05) is 7.05 Å². The van der Waals surface area contributed by atoms with Crippen LogP contribution in [-0.4, -0.2) is 22.7 Å². The van der Waals surface area contributed by atoms with Crippen LogP contribution in [0, 0.1) is 0 Å². The molecule has 1 amide bonds. The Bertz CT molecular complexity index is 833. The Kier molecular flexibility index (Phi) is 4.47. The SMILES string of the molecule is CNC(=O)c1cn(-c2ccccc2)nc1-c1ccc(C(C)C)cc1. The van der Waals surface area contributed by atoms with Gasteiger partial charge in [-0.15, -0.1) is 0 Å². The Morgan fingerprint density at radius 2 is 1.71 bits per heavy atom. The second kappa shape index (κ2) is 6.71. The Balaban J connectivity index is 2.08. The van der Waals surface area contributed by atoms with Crippen molar-refractivity contribution in [2.24, 2.45) is 0 Å². The minimum atomic E-state index is -0.139. The summed E-state index contributed by atoms with van der Waals surface area (Å²) in [4.78, 5) is 12.3. The first-order valence-corrected chi connectivity index (χ1v) is 8.07. The van der Waals surface area contributed by atoms with E-state index in [1.165, 1.54) is 5.56 Å². The topological polar surface area (TPSA) is 46.9 Å². The van der Waals surface area contributed by atoms with Crippen LogP contribution in [0.1, 0.15) is 35.7 Å². The van der Waals surface area contributed by atoms with Crippen LogP contribution in [0.2, 0.25) is 0 Å². The fourth-order valence-electron chi connectivity index (χ4n) is 2.63. The van der Waals surface area contributed by atoms with Gasteiger partial charge in [0.05, 0.1) is 11.3 Å². The first kappa shape index (κ1) is 16.0. The number of amides is 1. The molecule has 1 N–H and O–H groups in total. The summed E-state index contributed by atoms with van der Waals surface area (Å²) in [5, 5.41) is 7.34. The van der Waals surface area contributed by atoms with E-state index in [4.69, 9.17) is 0 Å². The zero-order valence-electron chi connectivity index (χ0n) is 14.2. The lowest BCUT2D eigenvalue weighted by molar-refractivity contribution is 0.0963. The lowest BCUT2D eigenvalue weighted by Crippen LogP contribution is -2.17. The summed E-state index contributed by atoms with van der Waals surface area (Å²) in [5.41, 5.74) is 4.38. The van der Waals surface area contributed by atoms with Crippen molar-refractivity contribution in [1.82, 2.24) is 15.1 Å². The smallest absolute Gasteiger partial charge is 0.254 e. The molecule has 1 aromatic heterocycles. The number of hydrogen-bond donors (Lipinski definition) is 1. The van der Waals surface area contributed by atoms with E-state index >= 15 is 0 Å². The van der Waals surface area contributed by atoms with Gasteiger partial charge in [-0.1, -0.05) is 56.3 Å². The monoisotopic (exact) mass is 319 g/mol. The van der Waals surface area contributed by atoms with Crippen LogP contribution in [0.25, 0.3) is 16.9 Å². The van der Waals surface area contributed by atoms with E-state index in [1.54, 1.807) is 17.9 Å². The molecule has 0 aliphatic rings. The molecular weight excluding hydrogens is 298 g/mol. The summed E-state index contributed by atoms with van der Waals surface area (Å²) in [5.74, 6) is 0.333. The van der Waals surface area contributed by atoms with Crippen LogP contribution in [0.15, 0.2) is 60.8 Å². The molecule has 0 saturated carbocycles. The van der Waals surface area contributed by atoms with Crippen LogP contribution in [0.3, 0.4) is 0 Å². The number of rotatable bonds is 4. The molecule has 122 valence electrons. The van der Waals surface area contributed by atoms with Crippen molar-refractivity contribution in [3.8, 4) is 16.9 Å². The van der Waals surface area contributed by atoms with Crippen LogP contribution in [0.4, 0.5) is 0 Å². The Morgan fingerprint density at radius 3 is 2.29 bits per heavy atom. The predicted octanol–water partition coefficient (Wildman–Crippen LogP) is 4.02. The van der Waals surface area contributed by atoms with E-state index in [0.29, 0.717) is 17.2 Å². The van der Waals surface area contributed by atoms with Gasteiger partial charge in [-0.05, 0) is 23.6 Å². The molecule has 0 aliphatic heterocycles. The summed E-state index contributed by atoms with van der Waals surface area (Å²) in [7, 11) is 1.63. The van der Waals surface area contributed by atoms with Gasteiger partial charge in [-0.3, -0.25) is 4.79 Å². The highest BCUT2D eigenvalue weighted by molar-refractivity contribution is 5.99. The van der Waals surface area contributed by atoms with Crippen LogP contribution in [-0.2, 0) is 0 Å². The maximum absolute atomic E-state index is 12.3. The summed E-state index contributed by atoms with van der Waals surface area (Å²) in [6.45, 7) is 4.32. The average Bonchev–Trinajstić information content (AvgIpc) is 3.07. The highest BCUT2D eigenvalue weighted by Crippen LogP contribution is 2.25. The summed E-state index contributed by atoms with van der Waals surface area (Å²) < 4.78 is 1.75. The summed E-state index contributed by atoms with van der Waals surface area (Å²) >= 11 is 0. The van der Waals surface area contributed by atoms with Crippen LogP contribution < -0.4 is 5.32 Å². The van der Waals surface area contributed by atoms with Gasteiger partial charge in [0.25, 0.3) is 5.91 Å². The molecule has 4 nitrogen and oxygen atoms in total. The van der Waals surface area contributed by atoms with E-state index in [2.05, 4.69) is 36.4 Å². The van der Waals surface area contributed by atoms with Crippen molar-refractivity contribution >= 4 is 5.91 Å². The van der Waals surface area contributed by atoms with Crippen LogP contribution >= 0.6 is 0 Å². The van der Waals surface area contributed by atoms with Gasteiger partial charge in [-0.2, -0.15) is 5.10 Å². The highest BCUT2D eigenvalue weighted by atomic mass is 16.1. The van der Waals surface area contributed by atoms with Crippen molar-refractivity contribution in [3.05, 3.63) is 71.9 Å². The second-order valence-corrected chi connectivity index (χ2v) is 6.03. The Morgan fingerprint density at radius 1 is 1.04 bits per heavy atom. The first-order chi connectivity index (χ1) is 11.6. The number of carbonyl (C=O) groups excluding carboxylic acids is 1. The van der Waals surface area contributed by atoms with Gasteiger partial charge in [-0.25, -0.2) is 4.68 Å². The predicted molar refractivity (Wildman–Crippen MR) is 96.5 cm³/mol. The lowest BCUT2D eigenvalue weighted by Gasteiger charge is -2.06. The van der Waals surface area contributed by atoms with Gasteiger partial charge >= 0.3 is 0 Å². The number of aromatic nitrogens is 2. The fraction of sp³-hybridized carbons (Fsp3) is 0.200. The normalized spacial score (nSPS) is 10.8. The van der Waals surface area contributed by atoms with E-state index in [1.807, 2.05) is 42.5 Å². The molecule has 0 unspecified atom stereocenters. The highest BCUT2D eigenvalue weighted by Gasteiger charge is 2.17. The third kappa shape index (κ3) is 3.08. The summed E-state index contributed by atoms with van der Waals surface area (Å²) in [6, 6.07) is 18.0. The quantitative estimate of drug-likeness (QED) is 0.789. The maximum atomic E-state index is 12.3. The molecule has 0 atom stereocenters. The van der Waals surface area contributed by atoms with Crippen molar-refractivity contribution in [1.29, 1.82) is 0 Å². The van der Waals surface area contributed by atoms with Gasteiger partial charge < -0.3 is 5.32 Å². The Hall–Kier alpha value is -2.88. The third-order valence-electron chi connectivity index (χ3n) is 4.06. The van der Waals surface area contributed by atoms with Gasteiger partial charge in [0.1, 0.15) is 5.69 Å². The molecular formula is C20H21N3O. The number of para-hydroxylation sites is 1. The number of benzene rings is 2. The molecule has 2 aromatic carbocycles. The minimum absolute atomic E-state index is 0.139. The molecule has 24 heavy (non-hydrogen) atoms. The number of carbonyl (C=O) groups is 1. The summed E-state index contributed by atoms with van der Waals surface area (Å²) in [6.07, 6.45) is 1.78. The molecule has 0 spiro atoms. The number of nitrogens with zero attached hydrogens (tertiary/aromatic N) is 2. The fourth-order valence-corrected chi connectivity index (χ4v) is 2.63. The van der Waals surface area contributed by atoms with Gasteiger partial charge in [0.15, 0.2) is 0 Å². The first-order valence-electron chi connectivity index (χ1n) is 8.07. The molecule has 3 aromatic rings. The molecule has 1 heterocycles. The maximum Gasteiger partial charge on any atom is 0.254 e.